The molecule has 0 amide bonds. The molecule has 0 spiro atoms. The van der Waals surface area contributed by atoms with Crippen LogP contribution in [-0.4, -0.2) is 0 Å². The van der Waals surface area contributed by atoms with Crippen LogP contribution < -0.4 is 5.32 Å². The number of benzene rings is 3. The fourth-order valence-electron chi connectivity index (χ4n) is 3.81. The normalized spacial score (nSPS) is 15.9. The van der Waals surface area contributed by atoms with E-state index in [1.807, 2.05) is 24.4 Å². The molecule has 1 aliphatic heterocycles. The van der Waals surface area contributed by atoms with Gasteiger partial charge in [0.1, 0.15) is 11.2 Å². The number of hydrogen-bond acceptors (Lipinski definition) is 2. The monoisotopic (exact) mass is 349 g/mol. The number of nitrogens with one attached hydrogen (secondary N) is 1. The molecular weight excluding hydrogens is 330 g/mol. The van der Waals surface area contributed by atoms with Crippen LogP contribution >= 0.6 is 0 Å². The molecule has 0 aliphatic carbocycles. The minimum absolute atomic E-state index is 0.134. The van der Waals surface area contributed by atoms with Crippen LogP contribution in [0.3, 0.4) is 0 Å². The molecule has 0 radical (unpaired) electrons. The van der Waals surface area contributed by atoms with Crippen molar-refractivity contribution in [2.75, 3.05) is 0 Å². The van der Waals surface area contributed by atoms with Gasteiger partial charge in [-0.2, -0.15) is 0 Å². The van der Waals surface area contributed by atoms with E-state index in [9.17, 15) is 0 Å². The number of hydrogen-bond donors (Lipinski definition) is 1. The molecule has 1 aliphatic rings. The summed E-state index contributed by atoms with van der Waals surface area (Å²) < 4.78 is 6.32. The topological polar surface area (TPSA) is 25.2 Å². The largest absolute Gasteiger partial charge is 0.455 e. The molecule has 0 bridgehead atoms. The first kappa shape index (κ1) is 15.7. The van der Waals surface area contributed by atoms with Gasteiger partial charge in [-0.15, -0.1) is 0 Å². The Morgan fingerprint density at radius 3 is 2.59 bits per heavy atom. The molecule has 4 aromatic rings. The maximum Gasteiger partial charge on any atom is 0.143 e. The molecule has 0 saturated heterocycles. The lowest BCUT2D eigenvalue weighted by Gasteiger charge is -2.18. The van der Waals surface area contributed by atoms with Crippen LogP contribution in [0.25, 0.3) is 39.1 Å². The summed E-state index contributed by atoms with van der Waals surface area (Å²) in [5.74, 6) is 0. The Labute approximate surface area is 158 Å². The van der Waals surface area contributed by atoms with E-state index in [1.54, 1.807) is 0 Å². The van der Waals surface area contributed by atoms with Crippen molar-refractivity contribution in [2.45, 2.75) is 6.04 Å². The van der Waals surface area contributed by atoms with Gasteiger partial charge in [-0.05, 0) is 41.1 Å². The van der Waals surface area contributed by atoms with E-state index in [0.29, 0.717) is 0 Å². The minimum Gasteiger partial charge on any atom is -0.455 e. The number of dihydropyridines is 1. The lowest BCUT2D eigenvalue weighted by atomic mass is 9.95. The van der Waals surface area contributed by atoms with Gasteiger partial charge < -0.3 is 9.73 Å². The maximum absolute atomic E-state index is 6.32. The molecule has 0 saturated carbocycles. The Kier molecular flexibility index (Phi) is 3.68. The average Bonchev–Trinajstić information content (AvgIpc) is 3.11. The zero-order valence-corrected chi connectivity index (χ0v) is 14.9. The number of rotatable bonds is 3. The highest BCUT2D eigenvalue weighted by molar-refractivity contribution is 6.10. The van der Waals surface area contributed by atoms with Crippen LogP contribution in [0.4, 0.5) is 0 Å². The Morgan fingerprint density at radius 2 is 1.81 bits per heavy atom. The molecule has 130 valence electrons. The van der Waals surface area contributed by atoms with Gasteiger partial charge in [0.05, 0.1) is 6.04 Å². The first-order chi connectivity index (χ1) is 13.3. The van der Waals surface area contributed by atoms with Crippen LogP contribution in [0.2, 0.25) is 0 Å². The zero-order valence-electron chi connectivity index (χ0n) is 14.9. The van der Waals surface area contributed by atoms with Crippen molar-refractivity contribution >= 4 is 28.0 Å². The van der Waals surface area contributed by atoms with Gasteiger partial charge in [0.15, 0.2) is 0 Å². The van der Waals surface area contributed by atoms with Crippen LogP contribution in [0.1, 0.15) is 17.2 Å². The Bertz CT molecular complexity index is 1210. The van der Waals surface area contributed by atoms with Crippen molar-refractivity contribution in [2.24, 2.45) is 0 Å². The van der Waals surface area contributed by atoms with E-state index >= 15 is 0 Å². The first-order valence-electron chi connectivity index (χ1n) is 9.11. The van der Waals surface area contributed by atoms with Crippen LogP contribution in [0, 0.1) is 0 Å². The fraction of sp³-hybridized carbons (Fsp3) is 0.0400. The smallest absolute Gasteiger partial charge is 0.143 e. The number of furan rings is 1. The predicted molar refractivity (Wildman–Crippen MR) is 113 cm³/mol. The van der Waals surface area contributed by atoms with Crippen molar-refractivity contribution in [3.8, 4) is 11.1 Å². The second-order valence-electron chi connectivity index (χ2n) is 6.72. The summed E-state index contributed by atoms with van der Waals surface area (Å²) >= 11 is 0. The molecular formula is C25H19NO. The highest BCUT2D eigenvalue weighted by atomic mass is 16.3. The quantitative estimate of drug-likeness (QED) is 0.450. The lowest BCUT2D eigenvalue weighted by Crippen LogP contribution is -2.15. The number of para-hydroxylation sites is 1. The van der Waals surface area contributed by atoms with Gasteiger partial charge in [-0.1, -0.05) is 73.3 Å². The standard InChI is InChI=1S/C25H19NO/c1-2-17-15-24-22(16-21(17)23-13-6-7-14-26-23)20-12-8-11-19(25(20)27-24)18-9-4-3-5-10-18/h2-16,23,26H,1H2. The van der Waals surface area contributed by atoms with Gasteiger partial charge in [-0.3, -0.25) is 0 Å². The predicted octanol–water partition coefficient (Wildman–Crippen LogP) is 6.61. The molecule has 1 N–H and O–H groups in total. The van der Waals surface area contributed by atoms with Crippen molar-refractivity contribution in [1.29, 1.82) is 0 Å². The summed E-state index contributed by atoms with van der Waals surface area (Å²) in [6.07, 6.45) is 10.1. The van der Waals surface area contributed by atoms with Crippen molar-refractivity contribution in [3.63, 3.8) is 0 Å². The summed E-state index contributed by atoms with van der Waals surface area (Å²) in [6.45, 7) is 4.00. The molecule has 5 rings (SSSR count). The van der Waals surface area contributed by atoms with Crippen molar-refractivity contribution < 1.29 is 4.42 Å². The number of fused-ring (bicyclic) bond motifs is 3. The summed E-state index contributed by atoms with van der Waals surface area (Å²) in [4.78, 5) is 0. The highest BCUT2D eigenvalue weighted by Crippen LogP contribution is 2.38. The van der Waals surface area contributed by atoms with E-state index in [1.165, 1.54) is 5.56 Å². The summed E-state index contributed by atoms with van der Waals surface area (Å²) in [6, 6.07) is 21.2. The average molecular weight is 349 g/mol. The minimum atomic E-state index is 0.134. The molecule has 2 nitrogen and oxygen atoms in total. The van der Waals surface area contributed by atoms with Gasteiger partial charge in [0.2, 0.25) is 0 Å². The third-order valence-electron chi connectivity index (χ3n) is 5.13. The fourth-order valence-corrected chi connectivity index (χ4v) is 3.81. The van der Waals surface area contributed by atoms with E-state index in [0.717, 1.165) is 38.6 Å². The molecule has 27 heavy (non-hydrogen) atoms. The van der Waals surface area contributed by atoms with Gasteiger partial charge in [-0.25, -0.2) is 0 Å². The molecule has 1 atom stereocenters. The number of allylic oxidation sites excluding steroid dienone is 2. The third-order valence-corrected chi connectivity index (χ3v) is 5.13. The van der Waals surface area contributed by atoms with Crippen molar-refractivity contribution in [1.82, 2.24) is 5.32 Å². The summed E-state index contributed by atoms with van der Waals surface area (Å²) in [5.41, 5.74) is 6.38. The van der Waals surface area contributed by atoms with Crippen LogP contribution in [-0.2, 0) is 0 Å². The summed E-state index contributed by atoms with van der Waals surface area (Å²) in [7, 11) is 0. The van der Waals surface area contributed by atoms with Gasteiger partial charge in [0.25, 0.3) is 0 Å². The molecule has 1 unspecified atom stereocenters. The Balaban J connectivity index is 1.77. The lowest BCUT2D eigenvalue weighted by molar-refractivity contribution is 0.669. The van der Waals surface area contributed by atoms with Crippen molar-refractivity contribution in [3.05, 3.63) is 103 Å². The van der Waals surface area contributed by atoms with E-state index in [2.05, 4.69) is 78.6 Å². The molecule has 2 heterocycles. The molecule has 1 aromatic heterocycles. The van der Waals surface area contributed by atoms with E-state index in [4.69, 9.17) is 4.42 Å². The van der Waals surface area contributed by atoms with E-state index in [-0.39, 0.29) is 6.04 Å². The molecule has 2 heteroatoms. The van der Waals surface area contributed by atoms with Gasteiger partial charge >= 0.3 is 0 Å². The Hall–Kier alpha value is -3.52. The second-order valence-corrected chi connectivity index (χ2v) is 6.72. The van der Waals surface area contributed by atoms with Gasteiger partial charge in [0, 0.05) is 16.3 Å². The zero-order chi connectivity index (χ0) is 18.2. The maximum atomic E-state index is 6.32. The first-order valence-corrected chi connectivity index (χ1v) is 9.11. The highest BCUT2D eigenvalue weighted by Gasteiger charge is 2.17. The summed E-state index contributed by atoms with van der Waals surface area (Å²) in [5, 5.41) is 5.68. The molecule has 0 fully saturated rings. The SMILES string of the molecule is C=Cc1cc2oc3c(-c4ccccc4)cccc3c2cc1C1C=CC=CN1. The van der Waals surface area contributed by atoms with Crippen LogP contribution in [0.15, 0.2) is 96.1 Å². The third kappa shape index (κ3) is 2.58. The van der Waals surface area contributed by atoms with E-state index < -0.39 is 0 Å². The Morgan fingerprint density at radius 1 is 0.926 bits per heavy atom. The second kappa shape index (κ2) is 6.33. The van der Waals surface area contributed by atoms with Crippen LogP contribution in [0.5, 0.6) is 0 Å². The molecule has 3 aromatic carbocycles.